The van der Waals surface area contributed by atoms with E-state index in [9.17, 15) is 5.11 Å². The van der Waals surface area contributed by atoms with E-state index in [1.54, 1.807) is 23.9 Å². The third kappa shape index (κ3) is 2.87. The number of halogens is 1. The van der Waals surface area contributed by atoms with Crippen LogP contribution >= 0.6 is 23.4 Å². The third-order valence-corrected chi connectivity index (χ3v) is 4.33. The Kier molecular flexibility index (Phi) is 4.05. The van der Waals surface area contributed by atoms with Crippen molar-refractivity contribution in [3.8, 4) is 11.5 Å². The van der Waals surface area contributed by atoms with Crippen LogP contribution in [0.4, 0.5) is 0 Å². The number of rotatable bonds is 3. The SMILES string of the molecule is Oc1ccccc1SCc1cc(Cl)cc2c1OCOC2. The molecule has 2 aromatic rings. The van der Waals surface area contributed by atoms with Crippen LogP contribution in [0.2, 0.25) is 5.02 Å². The van der Waals surface area contributed by atoms with Crippen LogP contribution in [0.25, 0.3) is 0 Å². The molecule has 1 aliphatic heterocycles. The highest BCUT2D eigenvalue weighted by Crippen LogP contribution is 2.37. The monoisotopic (exact) mass is 308 g/mol. The molecule has 0 radical (unpaired) electrons. The summed E-state index contributed by atoms with van der Waals surface area (Å²) in [4.78, 5) is 0.841. The lowest BCUT2D eigenvalue weighted by atomic mass is 10.1. The molecule has 104 valence electrons. The first-order chi connectivity index (χ1) is 9.74. The zero-order valence-electron chi connectivity index (χ0n) is 10.6. The van der Waals surface area contributed by atoms with E-state index in [2.05, 4.69) is 0 Å². The molecule has 2 aromatic carbocycles. The summed E-state index contributed by atoms with van der Waals surface area (Å²) in [6.07, 6.45) is 0. The fraction of sp³-hybridized carbons (Fsp3) is 0.200. The van der Waals surface area contributed by atoms with E-state index in [4.69, 9.17) is 21.1 Å². The molecule has 0 saturated carbocycles. The summed E-state index contributed by atoms with van der Waals surface area (Å²) in [7, 11) is 0. The maximum atomic E-state index is 9.78. The highest BCUT2D eigenvalue weighted by atomic mass is 35.5. The van der Waals surface area contributed by atoms with Crippen LogP contribution in [0.1, 0.15) is 11.1 Å². The second-order valence-corrected chi connectivity index (χ2v) is 5.87. The van der Waals surface area contributed by atoms with E-state index in [0.717, 1.165) is 21.8 Å². The molecule has 20 heavy (non-hydrogen) atoms. The van der Waals surface area contributed by atoms with Gasteiger partial charge in [0.25, 0.3) is 0 Å². The molecule has 0 aromatic heterocycles. The minimum atomic E-state index is 0.267. The summed E-state index contributed by atoms with van der Waals surface area (Å²) in [6, 6.07) is 11.0. The van der Waals surface area contributed by atoms with Crippen molar-refractivity contribution in [2.45, 2.75) is 17.3 Å². The van der Waals surface area contributed by atoms with Gasteiger partial charge in [0.05, 0.1) is 6.61 Å². The van der Waals surface area contributed by atoms with Crippen molar-refractivity contribution >= 4 is 23.4 Å². The molecule has 0 spiro atoms. The van der Waals surface area contributed by atoms with E-state index in [1.165, 1.54) is 0 Å². The first kappa shape index (κ1) is 13.6. The quantitative estimate of drug-likeness (QED) is 0.862. The normalized spacial score (nSPS) is 13.7. The Balaban J connectivity index is 1.84. The average Bonchev–Trinajstić information content (AvgIpc) is 2.46. The van der Waals surface area contributed by atoms with Crippen LogP contribution in [0, 0.1) is 0 Å². The highest BCUT2D eigenvalue weighted by molar-refractivity contribution is 7.98. The molecule has 0 bridgehead atoms. The number of benzene rings is 2. The van der Waals surface area contributed by atoms with Gasteiger partial charge in [-0.3, -0.25) is 0 Å². The number of fused-ring (bicyclic) bond motifs is 1. The Hall–Kier alpha value is -1.36. The zero-order valence-corrected chi connectivity index (χ0v) is 12.2. The van der Waals surface area contributed by atoms with Crippen molar-refractivity contribution in [1.29, 1.82) is 0 Å². The maximum Gasteiger partial charge on any atom is 0.189 e. The van der Waals surface area contributed by atoms with Gasteiger partial charge < -0.3 is 14.6 Å². The van der Waals surface area contributed by atoms with Crippen LogP contribution < -0.4 is 4.74 Å². The molecule has 0 fully saturated rings. The number of phenolic OH excluding ortho intramolecular Hbond substituents is 1. The van der Waals surface area contributed by atoms with Gasteiger partial charge in [0.15, 0.2) is 6.79 Å². The lowest BCUT2D eigenvalue weighted by Gasteiger charge is -2.21. The summed E-state index contributed by atoms with van der Waals surface area (Å²) < 4.78 is 10.8. The van der Waals surface area contributed by atoms with Gasteiger partial charge in [-0.25, -0.2) is 0 Å². The van der Waals surface area contributed by atoms with Crippen molar-refractivity contribution in [1.82, 2.24) is 0 Å². The van der Waals surface area contributed by atoms with Crippen molar-refractivity contribution in [2.75, 3.05) is 6.79 Å². The number of hydrogen-bond acceptors (Lipinski definition) is 4. The average molecular weight is 309 g/mol. The second-order valence-electron chi connectivity index (χ2n) is 4.42. The van der Waals surface area contributed by atoms with E-state index >= 15 is 0 Å². The third-order valence-electron chi connectivity index (χ3n) is 3.00. The molecular weight excluding hydrogens is 296 g/mol. The fourth-order valence-corrected chi connectivity index (χ4v) is 3.28. The summed E-state index contributed by atoms with van der Waals surface area (Å²) in [5.41, 5.74) is 1.99. The van der Waals surface area contributed by atoms with Gasteiger partial charge >= 0.3 is 0 Å². The van der Waals surface area contributed by atoms with Crippen molar-refractivity contribution in [2.24, 2.45) is 0 Å². The Bertz CT molecular complexity index is 631. The Morgan fingerprint density at radius 1 is 1.25 bits per heavy atom. The predicted molar refractivity (Wildman–Crippen MR) is 79.4 cm³/mol. The van der Waals surface area contributed by atoms with Crippen molar-refractivity contribution < 1.29 is 14.6 Å². The lowest BCUT2D eigenvalue weighted by molar-refractivity contribution is -0.0168. The Morgan fingerprint density at radius 3 is 2.95 bits per heavy atom. The summed E-state index contributed by atoms with van der Waals surface area (Å²) >= 11 is 7.68. The zero-order chi connectivity index (χ0) is 13.9. The molecule has 3 rings (SSSR count). The maximum absolute atomic E-state index is 9.78. The van der Waals surface area contributed by atoms with E-state index in [1.807, 2.05) is 24.3 Å². The van der Waals surface area contributed by atoms with Crippen LogP contribution in [0.5, 0.6) is 11.5 Å². The predicted octanol–water partition coefficient (Wildman–Crippen LogP) is 4.20. The number of thioether (sulfide) groups is 1. The Morgan fingerprint density at radius 2 is 2.10 bits per heavy atom. The number of hydrogen-bond donors (Lipinski definition) is 1. The molecule has 0 atom stereocenters. The largest absolute Gasteiger partial charge is 0.507 e. The smallest absolute Gasteiger partial charge is 0.189 e. The van der Waals surface area contributed by atoms with Gasteiger partial charge in [0.1, 0.15) is 11.5 Å². The summed E-state index contributed by atoms with van der Waals surface area (Å²) in [5, 5.41) is 10.5. The molecule has 0 unspecified atom stereocenters. The van der Waals surface area contributed by atoms with Gasteiger partial charge in [-0.15, -0.1) is 11.8 Å². The molecule has 1 heterocycles. The minimum Gasteiger partial charge on any atom is -0.507 e. The molecule has 0 aliphatic carbocycles. The molecule has 0 saturated heterocycles. The van der Waals surface area contributed by atoms with Crippen molar-refractivity contribution in [3.05, 3.63) is 52.5 Å². The number of para-hydroxylation sites is 1. The fourth-order valence-electron chi connectivity index (χ4n) is 2.10. The lowest BCUT2D eigenvalue weighted by Crippen LogP contribution is -2.12. The standard InChI is InChI=1S/C15H13ClO3S/c16-12-5-10-7-18-9-19-15(10)11(6-12)8-20-14-4-2-1-3-13(14)17/h1-6,17H,7-9H2. The minimum absolute atomic E-state index is 0.267. The number of ether oxygens (including phenoxy) is 2. The van der Waals surface area contributed by atoms with Crippen molar-refractivity contribution in [3.63, 3.8) is 0 Å². The molecule has 0 amide bonds. The number of phenols is 1. The van der Waals surface area contributed by atoms with E-state index < -0.39 is 0 Å². The summed E-state index contributed by atoms with van der Waals surface area (Å²) in [5.74, 6) is 1.82. The first-order valence-corrected chi connectivity index (χ1v) is 7.53. The van der Waals surface area contributed by atoms with Gasteiger partial charge in [0, 0.05) is 26.8 Å². The van der Waals surface area contributed by atoms with E-state index in [-0.39, 0.29) is 12.5 Å². The summed E-state index contributed by atoms with van der Waals surface area (Å²) in [6.45, 7) is 0.785. The molecule has 1 N–H and O–H groups in total. The molecule has 5 heteroatoms. The molecular formula is C15H13ClO3S. The first-order valence-electron chi connectivity index (χ1n) is 6.16. The van der Waals surface area contributed by atoms with Gasteiger partial charge in [-0.1, -0.05) is 23.7 Å². The highest BCUT2D eigenvalue weighted by Gasteiger charge is 2.16. The van der Waals surface area contributed by atoms with Crippen LogP contribution in [-0.2, 0) is 17.1 Å². The van der Waals surface area contributed by atoms with Gasteiger partial charge in [0.2, 0.25) is 0 Å². The van der Waals surface area contributed by atoms with E-state index in [0.29, 0.717) is 17.4 Å². The van der Waals surface area contributed by atoms with Crippen LogP contribution in [0.3, 0.4) is 0 Å². The number of aromatic hydroxyl groups is 1. The van der Waals surface area contributed by atoms with Crippen LogP contribution in [0.15, 0.2) is 41.3 Å². The molecule has 1 aliphatic rings. The Labute approximate surface area is 126 Å². The second kappa shape index (κ2) is 5.95. The molecule has 3 nitrogen and oxygen atoms in total. The van der Waals surface area contributed by atoms with Gasteiger partial charge in [-0.05, 0) is 24.3 Å². The van der Waals surface area contributed by atoms with Gasteiger partial charge in [-0.2, -0.15) is 0 Å². The van der Waals surface area contributed by atoms with Crippen LogP contribution in [-0.4, -0.2) is 11.9 Å². The topological polar surface area (TPSA) is 38.7 Å².